The smallest absolute Gasteiger partial charge is 0.244 e. The van der Waals surface area contributed by atoms with Gasteiger partial charge < -0.3 is 5.32 Å². The highest BCUT2D eigenvalue weighted by Crippen LogP contribution is 2.32. The monoisotopic (exact) mass is 340 g/mol. The van der Waals surface area contributed by atoms with E-state index in [0.717, 1.165) is 27.2 Å². The lowest BCUT2D eigenvalue weighted by molar-refractivity contribution is 0.0927. The summed E-state index contributed by atoms with van der Waals surface area (Å²) in [6, 6.07) is 6.57. The summed E-state index contributed by atoms with van der Waals surface area (Å²) in [5.41, 5.74) is 3.80. The maximum atomic E-state index is 11.9. The van der Waals surface area contributed by atoms with Gasteiger partial charge in [0.1, 0.15) is 0 Å². The van der Waals surface area contributed by atoms with E-state index < -0.39 is 0 Å². The van der Waals surface area contributed by atoms with E-state index in [-0.39, 0.29) is 5.91 Å². The molecule has 1 aliphatic rings. The summed E-state index contributed by atoms with van der Waals surface area (Å²) >= 11 is 1.61. The van der Waals surface area contributed by atoms with E-state index in [9.17, 15) is 4.79 Å². The van der Waals surface area contributed by atoms with E-state index >= 15 is 0 Å². The van der Waals surface area contributed by atoms with Crippen molar-refractivity contribution in [2.75, 3.05) is 5.32 Å². The Morgan fingerprint density at radius 1 is 1.29 bits per heavy atom. The molecular formula is C18H20N4OS. The van der Waals surface area contributed by atoms with Gasteiger partial charge in [-0.2, -0.15) is 4.68 Å². The van der Waals surface area contributed by atoms with Gasteiger partial charge in [-0.15, -0.1) is 16.4 Å². The highest BCUT2D eigenvalue weighted by Gasteiger charge is 2.19. The number of thiazole rings is 1. The van der Waals surface area contributed by atoms with Crippen molar-refractivity contribution in [3.05, 3.63) is 29.9 Å². The molecule has 0 saturated heterocycles. The normalized spacial score (nSPS) is 15.7. The molecule has 24 heavy (non-hydrogen) atoms. The van der Waals surface area contributed by atoms with Crippen LogP contribution >= 0.6 is 11.3 Å². The van der Waals surface area contributed by atoms with Crippen LogP contribution in [-0.2, 0) is 0 Å². The molecule has 1 N–H and O–H groups in total. The maximum Gasteiger partial charge on any atom is 0.244 e. The Hall–Kier alpha value is -2.21. The van der Waals surface area contributed by atoms with Gasteiger partial charge in [-0.3, -0.25) is 9.78 Å². The van der Waals surface area contributed by atoms with Crippen LogP contribution in [0.3, 0.4) is 0 Å². The summed E-state index contributed by atoms with van der Waals surface area (Å²) in [5.74, 6) is 0.751. The molecule has 1 aliphatic carbocycles. The van der Waals surface area contributed by atoms with Gasteiger partial charge in [-0.05, 0) is 30.5 Å². The zero-order chi connectivity index (χ0) is 16.5. The fraction of sp³-hybridized carbons (Fsp3) is 0.389. The molecule has 1 fully saturated rings. The molecule has 2 heterocycles. The Kier molecular flexibility index (Phi) is 4.06. The summed E-state index contributed by atoms with van der Waals surface area (Å²) in [4.78, 5) is 17.2. The van der Waals surface area contributed by atoms with Crippen LogP contribution in [0.1, 0.15) is 43.8 Å². The molecule has 1 saturated carbocycles. The number of nitrogens with one attached hydrogen (secondary N) is 1. The van der Waals surface area contributed by atoms with Crippen LogP contribution in [0.2, 0.25) is 0 Å². The van der Waals surface area contributed by atoms with Crippen molar-refractivity contribution in [2.45, 2.75) is 45.1 Å². The fourth-order valence-corrected chi connectivity index (χ4v) is 4.04. The number of aromatic nitrogens is 3. The van der Waals surface area contributed by atoms with Crippen LogP contribution in [0.4, 0.5) is 5.82 Å². The van der Waals surface area contributed by atoms with E-state index in [4.69, 9.17) is 0 Å². The quantitative estimate of drug-likeness (QED) is 0.759. The zero-order valence-corrected chi connectivity index (χ0v) is 14.5. The molecule has 0 radical (unpaired) electrons. The van der Waals surface area contributed by atoms with Crippen LogP contribution in [0, 0.1) is 0 Å². The standard InChI is InChI=1S/C18H20N4OS/c1-12(23)22-16-8-7-13(17-10-19-11-24-17)9-15(16)18(21-22)20-14-5-3-2-4-6-14/h7-11,14H,2-6H2,1H3,(H,20,21). The van der Waals surface area contributed by atoms with E-state index in [1.54, 1.807) is 18.3 Å². The van der Waals surface area contributed by atoms with Gasteiger partial charge in [0.05, 0.1) is 15.9 Å². The number of carbonyl (C=O) groups is 1. The van der Waals surface area contributed by atoms with Crippen LogP contribution in [0.5, 0.6) is 0 Å². The van der Waals surface area contributed by atoms with Gasteiger partial charge in [0.15, 0.2) is 5.82 Å². The summed E-state index contributed by atoms with van der Waals surface area (Å²) in [6.45, 7) is 1.55. The minimum Gasteiger partial charge on any atom is -0.365 e. The maximum absolute atomic E-state index is 11.9. The first-order valence-electron chi connectivity index (χ1n) is 8.41. The molecule has 1 aromatic carbocycles. The number of fused-ring (bicyclic) bond motifs is 1. The van der Waals surface area contributed by atoms with Crippen LogP contribution in [0.25, 0.3) is 21.3 Å². The lowest BCUT2D eigenvalue weighted by atomic mass is 9.95. The third-order valence-corrected chi connectivity index (χ3v) is 5.46. The van der Waals surface area contributed by atoms with Crippen molar-refractivity contribution in [1.82, 2.24) is 14.8 Å². The number of hydrogen-bond donors (Lipinski definition) is 1. The van der Waals surface area contributed by atoms with E-state index in [1.165, 1.54) is 36.8 Å². The minimum atomic E-state index is -0.0674. The van der Waals surface area contributed by atoms with Gasteiger partial charge in [0.2, 0.25) is 5.91 Å². The number of rotatable bonds is 3. The molecule has 0 aliphatic heterocycles. The lowest BCUT2D eigenvalue weighted by Gasteiger charge is -2.22. The van der Waals surface area contributed by atoms with Gasteiger partial charge in [-0.25, -0.2) is 0 Å². The van der Waals surface area contributed by atoms with Crippen LogP contribution in [-0.4, -0.2) is 26.7 Å². The third-order valence-electron chi connectivity index (χ3n) is 4.64. The van der Waals surface area contributed by atoms with Gasteiger partial charge in [0, 0.05) is 24.5 Å². The predicted octanol–water partition coefficient (Wildman–Crippen LogP) is 4.56. The van der Waals surface area contributed by atoms with Crippen molar-refractivity contribution < 1.29 is 4.79 Å². The molecule has 4 rings (SSSR count). The molecule has 3 aromatic rings. The second-order valence-electron chi connectivity index (χ2n) is 6.36. The summed E-state index contributed by atoms with van der Waals surface area (Å²) < 4.78 is 1.50. The van der Waals surface area contributed by atoms with Crippen molar-refractivity contribution in [2.24, 2.45) is 0 Å². The third kappa shape index (κ3) is 2.82. The summed E-state index contributed by atoms with van der Waals surface area (Å²) in [6.07, 6.45) is 8.04. The molecule has 0 atom stereocenters. The minimum absolute atomic E-state index is 0.0674. The van der Waals surface area contributed by atoms with Crippen molar-refractivity contribution in [3.63, 3.8) is 0 Å². The van der Waals surface area contributed by atoms with Gasteiger partial charge >= 0.3 is 0 Å². The Morgan fingerprint density at radius 2 is 2.12 bits per heavy atom. The van der Waals surface area contributed by atoms with Crippen molar-refractivity contribution in [1.29, 1.82) is 0 Å². The molecule has 0 bridgehead atoms. The molecule has 2 aromatic heterocycles. The number of hydrogen-bond acceptors (Lipinski definition) is 5. The average molecular weight is 340 g/mol. The lowest BCUT2D eigenvalue weighted by Crippen LogP contribution is -2.22. The molecule has 124 valence electrons. The first-order chi connectivity index (χ1) is 11.7. The van der Waals surface area contributed by atoms with Gasteiger partial charge in [0.25, 0.3) is 0 Å². The molecule has 0 amide bonds. The Bertz CT molecular complexity index is 863. The molecule has 5 nitrogen and oxygen atoms in total. The van der Waals surface area contributed by atoms with E-state index in [1.807, 2.05) is 23.8 Å². The Morgan fingerprint density at radius 3 is 2.83 bits per heavy atom. The largest absolute Gasteiger partial charge is 0.365 e. The van der Waals surface area contributed by atoms with Crippen molar-refractivity contribution >= 4 is 34.0 Å². The molecular weight excluding hydrogens is 320 g/mol. The number of nitrogens with zero attached hydrogens (tertiary/aromatic N) is 3. The molecule has 0 spiro atoms. The Balaban J connectivity index is 1.78. The topological polar surface area (TPSA) is 59.8 Å². The predicted molar refractivity (Wildman–Crippen MR) is 97.6 cm³/mol. The van der Waals surface area contributed by atoms with Crippen LogP contribution < -0.4 is 5.32 Å². The first kappa shape index (κ1) is 15.3. The van der Waals surface area contributed by atoms with E-state index in [2.05, 4.69) is 21.5 Å². The number of carbonyl (C=O) groups excluding carboxylic acids is 1. The SMILES string of the molecule is CC(=O)n1nc(NC2CCCCC2)c2cc(-c3cncs3)ccc21. The van der Waals surface area contributed by atoms with Crippen LogP contribution in [0.15, 0.2) is 29.9 Å². The summed E-state index contributed by atoms with van der Waals surface area (Å²) in [7, 11) is 0. The number of anilines is 1. The summed E-state index contributed by atoms with van der Waals surface area (Å²) in [5, 5.41) is 9.13. The first-order valence-corrected chi connectivity index (χ1v) is 9.29. The fourth-order valence-electron chi connectivity index (χ4n) is 3.42. The molecule has 0 unspecified atom stereocenters. The highest BCUT2D eigenvalue weighted by atomic mass is 32.1. The van der Waals surface area contributed by atoms with Crippen molar-refractivity contribution in [3.8, 4) is 10.4 Å². The Labute approximate surface area is 144 Å². The molecule has 6 heteroatoms. The average Bonchev–Trinajstić information content (AvgIpc) is 3.24. The van der Waals surface area contributed by atoms with E-state index in [0.29, 0.717) is 6.04 Å². The zero-order valence-electron chi connectivity index (χ0n) is 13.7. The van der Waals surface area contributed by atoms with Gasteiger partial charge in [-0.1, -0.05) is 25.3 Å². The second kappa shape index (κ2) is 6.36. The second-order valence-corrected chi connectivity index (χ2v) is 7.24. The number of benzene rings is 1. The highest BCUT2D eigenvalue weighted by molar-refractivity contribution is 7.13.